The van der Waals surface area contributed by atoms with E-state index in [0.29, 0.717) is 20.3 Å². The number of hydrogen-bond acceptors (Lipinski definition) is 5. The van der Waals surface area contributed by atoms with Crippen molar-refractivity contribution in [2.75, 3.05) is 0 Å². The molecule has 1 aromatic carbocycles. The number of nitro groups is 1. The Labute approximate surface area is 142 Å². The SMILES string of the molecule is Cc1ccc(C=c2sc(=CC(=O)C(C)(C)C)[nH]c2=O)cc1[N+](=O)[O-]. The van der Waals surface area contributed by atoms with Crippen molar-refractivity contribution in [3.05, 3.63) is 59.0 Å². The number of rotatable bonds is 3. The van der Waals surface area contributed by atoms with Crippen LogP contribution in [0.5, 0.6) is 0 Å². The Morgan fingerprint density at radius 2 is 2.00 bits per heavy atom. The van der Waals surface area contributed by atoms with Gasteiger partial charge in [0.25, 0.3) is 11.2 Å². The molecule has 0 radical (unpaired) electrons. The normalized spacial score (nSPS) is 13.3. The van der Waals surface area contributed by atoms with Crippen LogP contribution < -0.4 is 14.8 Å². The van der Waals surface area contributed by atoms with Gasteiger partial charge in [-0.3, -0.25) is 19.7 Å². The number of nitro benzene ring substituents is 1. The van der Waals surface area contributed by atoms with Crippen LogP contribution in [0.15, 0.2) is 23.0 Å². The Bertz CT molecular complexity index is 977. The molecule has 1 N–H and O–H groups in total. The van der Waals surface area contributed by atoms with Gasteiger partial charge >= 0.3 is 0 Å². The van der Waals surface area contributed by atoms with Crippen molar-refractivity contribution < 1.29 is 9.72 Å². The third kappa shape index (κ3) is 4.05. The lowest BCUT2D eigenvalue weighted by atomic mass is 9.91. The van der Waals surface area contributed by atoms with Crippen LogP contribution in [0, 0.1) is 22.5 Å². The summed E-state index contributed by atoms with van der Waals surface area (Å²) in [7, 11) is 0. The number of nitrogens with zero attached hydrogens (tertiary/aromatic N) is 1. The van der Waals surface area contributed by atoms with Crippen molar-refractivity contribution in [3.8, 4) is 0 Å². The van der Waals surface area contributed by atoms with E-state index in [1.807, 2.05) is 0 Å². The maximum Gasteiger partial charge on any atom is 0.272 e. The average molecular weight is 346 g/mol. The van der Waals surface area contributed by atoms with Crippen molar-refractivity contribution >= 4 is 35.0 Å². The number of hydrogen-bond donors (Lipinski definition) is 1. The predicted molar refractivity (Wildman–Crippen MR) is 94.5 cm³/mol. The highest BCUT2D eigenvalue weighted by Gasteiger charge is 2.18. The summed E-state index contributed by atoms with van der Waals surface area (Å²) in [6.07, 6.45) is 3.00. The van der Waals surface area contributed by atoms with Gasteiger partial charge < -0.3 is 4.98 Å². The van der Waals surface area contributed by atoms with Gasteiger partial charge in [-0.15, -0.1) is 11.3 Å². The molecule has 0 aliphatic carbocycles. The smallest absolute Gasteiger partial charge is 0.272 e. The number of benzene rings is 1. The standard InChI is InChI=1S/C17H18N2O4S/c1-10-5-6-11(7-12(10)19(22)23)8-13-16(21)18-15(24-13)9-14(20)17(2,3)4/h5-9H,1-4H3,(H,18,21). The molecule has 0 saturated heterocycles. The highest BCUT2D eigenvalue weighted by molar-refractivity contribution is 7.07. The molecule has 0 unspecified atom stereocenters. The average Bonchev–Trinajstić information content (AvgIpc) is 2.79. The minimum atomic E-state index is -0.525. The van der Waals surface area contributed by atoms with E-state index in [2.05, 4.69) is 4.98 Å². The Morgan fingerprint density at radius 1 is 1.33 bits per heavy atom. The summed E-state index contributed by atoms with van der Waals surface area (Å²) in [5, 5.41) is 11.0. The summed E-state index contributed by atoms with van der Waals surface area (Å²) in [5.41, 5.74) is 0.278. The number of nitrogens with one attached hydrogen (secondary N) is 1. The molecule has 126 valence electrons. The lowest BCUT2D eigenvalue weighted by Crippen LogP contribution is -2.22. The first-order valence-electron chi connectivity index (χ1n) is 7.30. The second kappa shape index (κ2) is 6.52. The molecule has 0 fully saturated rings. The molecule has 0 amide bonds. The van der Waals surface area contributed by atoms with Crippen LogP contribution in [-0.2, 0) is 4.79 Å². The Kier molecular flexibility index (Phi) is 4.84. The van der Waals surface area contributed by atoms with E-state index in [1.165, 1.54) is 12.1 Å². The largest absolute Gasteiger partial charge is 0.313 e. The maximum absolute atomic E-state index is 12.0. The van der Waals surface area contributed by atoms with E-state index in [9.17, 15) is 19.7 Å². The topological polar surface area (TPSA) is 93.1 Å². The van der Waals surface area contributed by atoms with Crippen LogP contribution in [-0.4, -0.2) is 15.7 Å². The van der Waals surface area contributed by atoms with Gasteiger partial charge in [0.05, 0.1) is 14.1 Å². The van der Waals surface area contributed by atoms with E-state index in [4.69, 9.17) is 0 Å². The molecule has 0 aliphatic rings. The molecule has 1 aromatic heterocycles. The first-order valence-corrected chi connectivity index (χ1v) is 8.11. The number of aryl methyl sites for hydroxylation is 1. The molecule has 0 aliphatic heterocycles. The second-order valence-corrected chi connectivity index (χ2v) is 7.57. The molecule has 0 spiro atoms. The second-order valence-electron chi connectivity index (χ2n) is 6.49. The molecular formula is C17H18N2O4S. The van der Waals surface area contributed by atoms with Gasteiger partial charge in [0.15, 0.2) is 5.78 Å². The zero-order valence-corrected chi connectivity index (χ0v) is 14.7. The molecule has 0 bridgehead atoms. The Balaban J connectivity index is 2.52. The fourth-order valence-electron chi connectivity index (χ4n) is 1.92. The summed E-state index contributed by atoms with van der Waals surface area (Å²) in [6.45, 7) is 7.06. The van der Waals surface area contributed by atoms with Crippen molar-refractivity contribution in [1.29, 1.82) is 0 Å². The summed E-state index contributed by atoms with van der Waals surface area (Å²) >= 11 is 1.15. The van der Waals surface area contributed by atoms with Crippen molar-refractivity contribution in [1.82, 2.24) is 4.98 Å². The van der Waals surface area contributed by atoms with Gasteiger partial charge in [-0.1, -0.05) is 32.9 Å². The van der Waals surface area contributed by atoms with E-state index >= 15 is 0 Å². The first-order chi connectivity index (χ1) is 11.1. The van der Waals surface area contributed by atoms with E-state index in [0.717, 1.165) is 11.3 Å². The molecule has 7 heteroatoms. The van der Waals surface area contributed by atoms with Crippen LogP contribution >= 0.6 is 11.3 Å². The van der Waals surface area contributed by atoms with Crippen molar-refractivity contribution in [2.24, 2.45) is 5.41 Å². The highest BCUT2D eigenvalue weighted by Crippen LogP contribution is 2.19. The Hall–Kier alpha value is -2.54. The number of aromatic nitrogens is 1. The number of carbonyl (C=O) groups excluding carboxylic acids is 1. The predicted octanol–water partition coefficient (Wildman–Crippen LogP) is 1.88. The monoisotopic (exact) mass is 346 g/mol. The molecule has 24 heavy (non-hydrogen) atoms. The van der Waals surface area contributed by atoms with Crippen LogP contribution in [0.3, 0.4) is 0 Å². The number of thiazole rings is 1. The van der Waals surface area contributed by atoms with Crippen LogP contribution in [0.4, 0.5) is 5.69 Å². The molecule has 2 aromatic rings. The highest BCUT2D eigenvalue weighted by atomic mass is 32.1. The van der Waals surface area contributed by atoms with Gasteiger partial charge in [-0.25, -0.2) is 0 Å². The molecule has 0 atom stereocenters. The summed E-state index contributed by atoms with van der Waals surface area (Å²) in [5.74, 6) is -0.0856. The van der Waals surface area contributed by atoms with E-state index < -0.39 is 10.3 Å². The number of H-pyrrole nitrogens is 1. The zero-order chi connectivity index (χ0) is 18.1. The fourth-order valence-corrected chi connectivity index (χ4v) is 2.81. The van der Waals surface area contributed by atoms with Gasteiger partial charge in [0.2, 0.25) is 0 Å². The lowest BCUT2D eigenvalue weighted by Gasteiger charge is -2.12. The minimum absolute atomic E-state index is 0.00595. The number of Topliss-reactive ketones (excluding diaryl/α,β-unsaturated/α-hetero) is 1. The number of aromatic amines is 1. The molecular weight excluding hydrogens is 328 g/mol. The molecule has 0 saturated carbocycles. The number of ketones is 1. The van der Waals surface area contributed by atoms with E-state index in [-0.39, 0.29) is 17.0 Å². The maximum atomic E-state index is 12.0. The zero-order valence-electron chi connectivity index (χ0n) is 13.9. The third-order valence-corrected chi connectivity index (χ3v) is 4.37. The van der Waals surface area contributed by atoms with Gasteiger partial charge in [0.1, 0.15) is 0 Å². The quantitative estimate of drug-likeness (QED) is 0.678. The van der Waals surface area contributed by atoms with Crippen molar-refractivity contribution in [3.63, 3.8) is 0 Å². The minimum Gasteiger partial charge on any atom is -0.313 e. The van der Waals surface area contributed by atoms with E-state index in [1.54, 1.807) is 45.9 Å². The third-order valence-electron chi connectivity index (χ3n) is 3.41. The van der Waals surface area contributed by atoms with Crippen LogP contribution in [0.2, 0.25) is 0 Å². The van der Waals surface area contributed by atoms with Crippen LogP contribution in [0.1, 0.15) is 31.9 Å². The molecule has 6 nitrogen and oxygen atoms in total. The van der Waals surface area contributed by atoms with Gasteiger partial charge in [0, 0.05) is 23.1 Å². The van der Waals surface area contributed by atoms with Crippen LogP contribution in [0.25, 0.3) is 12.2 Å². The number of carbonyl (C=O) groups is 1. The molecule has 2 rings (SSSR count). The van der Waals surface area contributed by atoms with Crippen molar-refractivity contribution in [2.45, 2.75) is 27.7 Å². The van der Waals surface area contributed by atoms with Gasteiger partial charge in [-0.05, 0) is 18.6 Å². The Morgan fingerprint density at radius 3 is 2.58 bits per heavy atom. The lowest BCUT2D eigenvalue weighted by molar-refractivity contribution is -0.385. The fraction of sp³-hybridized carbons (Fsp3) is 0.294. The van der Waals surface area contributed by atoms with Gasteiger partial charge in [-0.2, -0.15) is 0 Å². The summed E-state index contributed by atoms with van der Waals surface area (Å²) in [6, 6.07) is 4.78. The summed E-state index contributed by atoms with van der Waals surface area (Å²) in [4.78, 5) is 37.2. The molecule has 1 heterocycles. The first kappa shape index (κ1) is 17.8. The summed E-state index contributed by atoms with van der Waals surface area (Å²) < 4.78 is 0.855.